The summed E-state index contributed by atoms with van der Waals surface area (Å²) in [5, 5.41) is 9.61. The van der Waals surface area contributed by atoms with Gasteiger partial charge in [-0.2, -0.15) is 0 Å². The van der Waals surface area contributed by atoms with Crippen molar-refractivity contribution in [1.29, 1.82) is 0 Å². The van der Waals surface area contributed by atoms with Gasteiger partial charge in [-0.25, -0.2) is 13.6 Å². The topological polar surface area (TPSA) is 49.8 Å². The normalized spacial score (nSPS) is 29.9. The number of nitrogens with zero attached hydrogens (tertiary/aromatic N) is 1. The first-order valence-corrected chi connectivity index (χ1v) is 5.50. The second-order valence-electron chi connectivity index (χ2n) is 5.68. The number of rotatable bonds is 1. The Morgan fingerprint density at radius 1 is 1.53 bits per heavy atom. The van der Waals surface area contributed by atoms with Crippen molar-refractivity contribution in [3.8, 4) is 0 Å². The average Bonchev–Trinajstić information content (AvgIpc) is 2.42. The van der Waals surface area contributed by atoms with Gasteiger partial charge in [0.25, 0.3) is 0 Å². The maximum absolute atomic E-state index is 12.8. The molecule has 0 saturated carbocycles. The van der Waals surface area contributed by atoms with Crippen molar-refractivity contribution in [2.24, 2.45) is 5.41 Å². The van der Waals surface area contributed by atoms with E-state index in [2.05, 4.69) is 0 Å². The highest BCUT2D eigenvalue weighted by Crippen LogP contribution is 2.36. The second-order valence-corrected chi connectivity index (χ2v) is 5.68. The van der Waals surface area contributed by atoms with Crippen molar-refractivity contribution in [2.75, 3.05) is 13.1 Å². The maximum Gasteiger partial charge on any atom is 0.410 e. The molecule has 1 heterocycles. The van der Waals surface area contributed by atoms with E-state index in [-0.39, 0.29) is 13.1 Å². The summed E-state index contributed by atoms with van der Waals surface area (Å²) in [7, 11) is 0. The Bertz CT molecular complexity index is 304. The average molecular weight is 251 g/mol. The molecule has 0 aromatic carbocycles. The van der Waals surface area contributed by atoms with Gasteiger partial charge in [-0.3, -0.25) is 0 Å². The highest BCUT2D eigenvalue weighted by Gasteiger charge is 2.50. The molecule has 0 spiro atoms. The summed E-state index contributed by atoms with van der Waals surface area (Å²) < 4.78 is 30.7. The van der Waals surface area contributed by atoms with Gasteiger partial charge in [0, 0.05) is 6.54 Å². The van der Waals surface area contributed by atoms with Gasteiger partial charge in [-0.05, 0) is 27.7 Å². The van der Waals surface area contributed by atoms with Crippen LogP contribution < -0.4 is 0 Å². The van der Waals surface area contributed by atoms with Gasteiger partial charge in [-0.15, -0.1) is 0 Å². The summed E-state index contributed by atoms with van der Waals surface area (Å²) in [4.78, 5) is 12.8. The van der Waals surface area contributed by atoms with Gasteiger partial charge < -0.3 is 14.7 Å². The first kappa shape index (κ1) is 14.2. The van der Waals surface area contributed by atoms with E-state index in [1.165, 1.54) is 6.92 Å². The Labute approximate surface area is 99.5 Å². The number of likely N-dealkylation sites (tertiary alicyclic amines) is 1. The number of alkyl halides is 2. The molecule has 0 aromatic rings. The van der Waals surface area contributed by atoms with Crippen LogP contribution in [0.1, 0.15) is 27.7 Å². The molecule has 1 fully saturated rings. The summed E-state index contributed by atoms with van der Waals surface area (Å²) in [6.07, 6.45) is -4.57. The van der Waals surface area contributed by atoms with Crippen LogP contribution in [0.3, 0.4) is 0 Å². The molecule has 1 rings (SSSR count). The van der Waals surface area contributed by atoms with Crippen LogP contribution in [0.15, 0.2) is 0 Å². The van der Waals surface area contributed by atoms with E-state index < -0.39 is 29.6 Å². The molecule has 0 aromatic heterocycles. The van der Waals surface area contributed by atoms with Gasteiger partial charge in [0.05, 0.1) is 18.1 Å². The lowest BCUT2D eigenvalue weighted by molar-refractivity contribution is -0.0498. The fourth-order valence-electron chi connectivity index (χ4n) is 1.68. The van der Waals surface area contributed by atoms with Gasteiger partial charge in [0.1, 0.15) is 5.60 Å². The van der Waals surface area contributed by atoms with Crippen molar-refractivity contribution in [3.63, 3.8) is 0 Å². The zero-order valence-electron chi connectivity index (χ0n) is 10.5. The molecule has 1 saturated heterocycles. The van der Waals surface area contributed by atoms with E-state index in [0.717, 1.165) is 4.90 Å². The van der Waals surface area contributed by atoms with E-state index in [0.29, 0.717) is 0 Å². The standard InChI is InChI=1S/C11H19F2NO3/c1-10(2,3)17-9(16)14-5-7(15)11(4,6-14)8(12)13/h7-8,15H,5-6H2,1-4H3. The van der Waals surface area contributed by atoms with Gasteiger partial charge in [0.15, 0.2) is 0 Å². The van der Waals surface area contributed by atoms with Gasteiger partial charge in [0.2, 0.25) is 6.43 Å². The highest BCUT2D eigenvalue weighted by atomic mass is 19.3. The van der Waals surface area contributed by atoms with Crippen molar-refractivity contribution in [1.82, 2.24) is 4.90 Å². The smallest absolute Gasteiger partial charge is 0.410 e. The fourth-order valence-corrected chi connectivity index (χ4v) is 1.68. The minimum atomic E-state index is -2.68. The number of aliphatic hydroxyl groups excluding tert-OH is 1. The van der Waals surface area contributed by atoms with Gasteiger partial charge in [-0.1, -0.05) is 0 Å². The molecule has 6 heteroatoms. The predicted octanol–water partition coefficient (Wildman–Crippen LogP) is 1.87. The van der Waals surface area contributed by atoms with E-state index in [4.69, 9.17) is 4.74 Å². The fraction of sp³-hybridized carbons (Fsp3) is 0.909. The van der Waals surface area contributed by atoms with Crippen LogP contribution in [-0.4, -0.2) is 47.3 Å². The molecule has 0 bridgehead atoms. The number of hydrogen-bond donors (Lipinski definition) is 1. The molecule has 0 aliphatic carbocycles. The lowest BCUT2D eigenvalue weighted by Gasteiger charge is -2.27. The van der Waals surface area contributed by atoms with Crippen LogP contribution in [0, 0.1) is 5.41 Å². The van der Waals surface area contributed by atoms with Gasteiger partial charge >= 0.3 is 6.09 Å². The molecule has 4 nitrogen and oxygen atoms in total. The minimum absolute atomic E-state index is 0.115. The first-order valence-electron chi connectivity index (χ1n) is 5.50. The third-order valence-electron chi connectivity index (χ3n) is 2.84. The Morgan fingerprint density at radius 2 is 2.06 bits per heavy atom. The monoisotopic (exact) mass is 251 g/mol. The van der Waals surface area contributed by atoms with Crippen LogP contribution in [0.25, 0.3) is 0 Å². The second kappa shape index (κ2) is 4.40. The Morgan fingerprint density at radius 3 is 2.41 bits per heavy atom. The summed E-state index contributed by atoms with van der Waals surface area (Å²) in [5.74, 6) is 0. The van der Waals surface area contributed by atoms with Crippen LogP contribution >= 0.6 is 0 Å². The molecule has 17 heavy (non-hydrogen) atoms. The Balaban J connectivity index is 2.69. The van der Waals surface area contributed by atoms with Crippen molar-refractivity contribution in [3.05, 3.63) is 0 Å². The minimum Gasteiger partial charge on any atom is -0.444 e. The SMILES string of the molecule is CC(C)(C)OC(=O)N1CC(O)C(C)(C(F)F)C1. The largest absolute Gasteiger partial charge is 0.444 e. The van der Waals surface area contributed by atoms with Crippen LogP contribution in [0.4, 0.5) is 13.6 Å². The Hall–Kier alpha value is -0.910. The molecule has 1 aliphatic rings. The molecule has 2 atom stereocenters. The summed E-state index contributed by atoms with van der Waals surface area (Å²) in [6, 6.07) is 0. The summed E-state index contributed by atoms with van der Waals surface area (Å²) in [5.41, 5.74) is -2.25. The number of aliphatic hydroxyl groups is 1. The number of halogens is 2. The third-order valence-corrected chi connectivity index (χ3v) is 2.84. The number of amides is 1. The lowest BCUT2D eigenvalue weighted by Crippen LogP contribution is -2.39. The summed E-state index contributed by atoms with van der Waals surface area (Å²) in [6.45, 7) is 6.06. The number of carbonyl (C=O) groups is 1. The first-order chi connectivity index (χ1) is 7.56. The molecular formula is C11H19F2NO3. The number of carbonyl (C=O) groups excluding carboxylic acids is 1. The van der Waals surface area contributed by atoms with E-state index in [9.17, 15) is 18.7 Å². The van der Waals surface area contributed by atoms with Crippen LogP contribution in [-0.2, 0) is 4.74 Å². The molecular weight excluding hydrogens is 232 g/mol. The quantitative estimate of drug-likeness (QED) is 0.774. The zero-order chi connectivity index (χ0) is 13.4. The number of ether oxygens (including phenoxy) is 1. The third kappa shape index (κ3) is 3.06. The van der Waals surface area contributed by atoms with E-state index in [1.807, 2.05) is 0 Å². The van der Waals surface area contributed by atoms with Crippen LogP contribution in [0.5, 0.6) is 0 Å². The molecule has 1 N–H and O–H groups in total. The zero-order valence-corrected chi connectivity index (χ0v) is 10.5. The number of β-amino-alcohol motifs (C(OH)–C–C–N with tert-alkyl or cyclic N) is 1. The molecule has 2 unspecified atom stereocenters. The summed E-state index contributed by atoms with van der Waals surface area (Å²) >= 11 is 0. The van der Waals surface area contributed by atoms with Crippen molar-refractivity contribution < 1.29 is 23.4 Å². The van der Waals surface area contributed by atoms with Crippen LogP contribution in [0.2, 0.25) is 0 Å². The highest BCUT2D eigenvalue weighted by molar-refractivity contribution is 5.68. The molecule has 1 amide bonds. The maximum atomic E-state index is 12.8. The van der Waals surface area contributed by atoms with E-state index >= 15 is 0 Å². The lowest BCUT2D eigenvalue weighted by atomic mass is 9.88. The molecule has 100 valence electrons. The Kier molecular flexibility index (Phi) is 3.66. The van der Waals surface area contributed by atoms with Crippen molar-refractivity contribution >= 4 is 6.09 Å². The number of hydrogen-bond acceptors (Lipinski definition) is 3. The predicted molar refractivity (Wildman–Crippen MR) is 57.9 cm³/mol. The van der Waals surface area contributed by atoms with Crippen molar-refractivity contribution in [2.45, 2.75) is 45.8 Å². The molecule has 1 aliphatic heterocycles. The van der Waals surface area contributed by atoms with E-state index in [1.54, 1.807) is 20.8 Å². The molecule has 0 radical (unpaired) electrons.